The van der Waals surface area contributed by atoms with Crippen LogP contribution in [-0.4, -0.2) is 51.6 Å². The second kappa shape index (κ2) is 9.96. The maximum Gasteiger partial charge on any atom is 0.319 e. The molecule has 206 valence electrons. The van der Waals surface area contributed by atoms with Gasteiger partial charge in [0.25, 0.3) is 5.56 Å². The molecule has 3 aliphatic heterocycles. The molecule has 2 amide bonds. The van der Waals surface area contributed by atoms with E-state index >= 15 is 0 Å². The lowest BCUT2D eigenvalue weighted by Crippen LogP contribution is -2.49. The summed E-state index contributed by atoms with van der Waals surface area (Å²) in [5.41, 5.74) is 4.03. The van der Waals surface area contributed by atoms with Crippen molar-refractivity contribution in [2.75, 3.05) is 26.2 Å². The summed E-state index contributed by atoms with van der Waals surface area (Å²) in [5, 5.41) is 1.15. The van der Waals surface area contributed by atoms with Gasteiger partial charge in [0, 0.05) is 32.1 Å². The van der Waals surface area contributed by atoms with Gasteiger partial charge < -0.3 is 9.80 Å². The minimum Gasteiger partial charge on any atom is -0.325 e. The molecule has 1 saturated carbocycles. The van der Waals surface area contributed by atoms with Crippen LogP contribution in [0.25, 0.3) is 16.6 Å². The van der Waals surface area contributed by atoms with Crippen LogP contribution >= 0.6 is 11.6 Å². The Balaban J connectivity index is 1.20. The van der Waals surface area contributed by atoms with Gasteiger partial charge in [-0.3, -0.25) is 9.36 Å². The fourth-order valence-corrected chi connectivity index (χ4v) is 8.04. The average molecular weight is 555 g/mol. The number of fused-ring (bicyclic) bond motifs is 7. The molecule has 6 nitrogen and oxygen atoms in total. The number of carbonyl (C=O) groups is 1. The van der Waals surface area contributed by atoms with Crippen molar-refractivity contribution in [2.24, 2.45) is 5.92 Å². The SMILES string of the molecule is C#CC1CCN(C(=O)N2CCC(c3ccc4c(c3)-n3c(nc(=O)c5cccc(Cl)c53)C43CCCCC3)CC2)CC1. The lowest BCUT2D eigenvalue weighted by molar-refractivity contribution is 0.127. The molecule has 0 N–H and O–H groups in total. The number of benzene rings is 2. The topological polar surface area (TPSA) is 58.4 Å². The molecule has 2 aromatic carbocycles. The zero-order valence-electron chi connectivity index (χ0n) is 22.9. The van der Waals surface area contributed by atoms with Crippen LogP contribution < -0.4 is 5.56 Å². The number of aromatic nitrogens is 2. The van der Waals surface area contributed by atoms with E-state index in [0.29, 0.717) is 22.2 Å². The Morgan fingerprint density at radius 3 is 2.38 bits per heavy atom. The minimum absolute atomic E-state index is 0.159. The van der Waals surface area contributed by atoms with Gasteiger partial charge in [0.1, 0.15) is 5.82 Å². The molecule has 1 aromatic heterocycles. The molecule has 40 heavy (non-hydrogen) atoms. The molecule has 7 rings (SSSR count). The van der Waals surface area contributed by atoms with Gasteiger partial charge in [0.05, 0.1) is 27.0 Å². The van der Waals surface area contributed by atoms with Crippen LogP contribution in [0.5, 0.6) is 0 Å². The summed E-state index contributed by atoms with van der Waals surface area (Å²) in [6.45, 7) is 3.04. The Labute approximate surface area is 240 Å². The van der Waals surface area contributed by atoms with Gasteiger partial charge in [0.15, 0.2) is 0 Å². The molecular formula is C33H35ClN4O2. The van der Waals surface area contributed by atoms with Crippen LogP contribution in [0.3, 0.4) is 0 Å². The number of halogens is 1. The van der Waals surface area contributed by atoms with Crippen molar-refractivity contribution in [1.29, 1.82) is 0 Å². The predicted molar refractivity (Wildman–Crippen MR) is 158 cm³/mol. The maximum atomic E-state index is 13.2. The third-order valence-electron chi connectivity index (χ3n) is 10.0. The van der Waals surface area contributed by atoms with E-state index in [-0.39, 0.29) is 17.0 Å². The van der Waals surface area contributed by atoms with E-state index < -0.39 is 0 Å². The highest BCUT2D eigenvalue weighted by molar-refractivity contribution is 6.35. The lowest BCUT2D eigenvalue weighted by atomic mass is 9.69. The Kier molecular flexibility index (Phi) is 6.39. The summed E-state index contributed by atoms with van der Waals surface area (Å²) in [4.78, 5) is 35.1. The lowest BCUT2D eigenvalue weighted by Gasteiger charge is -2.38. The van der Waals surface area contributed by atoms with Crippen molar-refractivity contribution in [3.63, 3.8) is 0 Å². The van der Waals surface area contributed by atoms with E-state index in [1.807, 2.05) is 28.0 Å². The highest BCUT2D eigenvalue weighted by Gasteiger charge is 2.47. The van der Waals surface area contributed by atoms with Gasteiger partial charge in [-0.05, 0) is 73.8 Å². The van der Waals surface area contributed by atoms with Crippen LogP contribution in [0.15, 0.2) is 41.2 Å². The molecule has 1 aliphatic carbocycles. The van der Waals surface area contributed by atoms with Crippen LogP contribution in [0.2, 0.25) is 5.02 Å². The largest absolute Gasteiger partial charge is 0.325 e. The number of amides is 2. The molecular weight excluding hydrogens is 520 g/mol. The summed E-state index contributed by atoms with van der Waals surface area (Å²) >= 11 is 6.78. The zero-order valence-corrected chi connectivity index (χ0v) is 23.6. The summed E-state index contributed by atoms with van der Waals surface area (Å²) in [6, 6.07) is 12.6. The molecule has 3 aromatic rings. The maximum absolute atomic E-state index is 13.2. The van der Waals surface area contributed by atoms with Crippen molar-refractivity contribution < 1.29 is 4.79 Å². The number of hydrogen-bond donors (Lipinski definition) is 0. The number of rotatable bonds is 1. The molecule has 0 atom stereocenters. The fourth-order valence-electron chi connectivity index (χ4n) is 7.79. The van der Waals surface area contributed by atoms with E-state index in [9.17, 15) is 9.59 Å². The number of nitrogens with zero attached hydrogens (tertiary/aromatic N) is 4. The van der Waals surface area contributed by atoms with Gasteiger partial charge in [-0.15, -0.1) is 12.3 Å². The Bertz CT molecular complexity index is 1580. The fraction of sp³-hybridized carbons (Fsp3) is 0.485. The number of carbonyl (C=O) groups excluding carboxylic acids is 1. The second-order valence-corrected chi connectivity index (χ2v) is 12.5. The number of urea groups is 1. The molecule has 0 bridgehead atoms. The third-order valence-corrected chi connectivity index (χ3v) is 10.3. The monoisotopic (exact) mass is 554 g/mol. The first-order chi connectivity index (χ1) is 19.5. The summed E-state index contributed by atoms with van der Waals surface area (Å²) < 4.78 is 2.20. The Morgan fingerprint density at radius 2 is 1.68 bits per heavy atom. The zero-order chi connectivity index (χ0) is 27.4. The van der Waals surface area contributed by atoms with Gasteiger partial charge in [0.2, 0.25) is 0 Å². The smallest absolute Gasteiger partial charge is 0.319 e. The van der Waals surface area contributed by atoms with E-state index in [0.717, 1.165) is 94.6 Å². The van der Waals surface area contributed by atoms with Crippen LogP contribution in [0.4, 0.5) is 4.79 Å². The molecule has 0 radical (unpaired) electrons. The molecule has 4 aliphatic rings. The van der Waals surface area contributed by atoms with E-state index in [4.69, 9.17) is 23.0 Å². The van der Waals surface area contributed by atoms with Crippen molar-refractivity contribution in [1.82, 2.24) is 19.4 Å². The normalized spacial score (nSPS) is 20.9. The summed E-state index contributed by atoms with van der Waals surface area (Å²) in [6.07, 6.45) is 14.7. The summed E-state index contributed by atoms with van der Waals surface area (Å²) in [5.74, 6) is 4.38. The number of hydrogen-bond acceptors (Lipinski definition) is 3. The molecule has 4 heterocycles. The molecule has 3 fully saturated rings. The van der Waals surface area contributed by atoms with Crippen LogP contribution in [0, 0.1) is 18.3 Å². The molecule has 7 heteroatoms. The highest BCUT2D eigenvalue weighted by atomic mass is 35.5. The Morgan fingerprint density at radius 1 is 0.975 bits per heavy atom. The van der Waals surface area contributed by atoms with Crippen LogP contribution in [0.1, 0.15) is 80.7 Å². The van der Waals surface area contributed by atoms with E-state index in [2.05, 4.69) is 28.7 Å². The van der Waals surface area contributed by atoms with Gasteiger partial charge in [-0.2, -0.15) is 4.98 Å². The second-order valence-electron chi connectivity index (χ2n) is 12.1. The highest BCUT2D eigenvalue weighted by Crippen LogP contribution is 2.52. The van der Waals surface area contributed by atoms with Crippen molar-refractivity contribution >= 4 is 28.5 Å². The van der Waals surface area contributed by atoms with Crippen molar-refractivity contribution in [3.05, 3.63) is 68.7 Å². The van der Waals surface area contributed by atoms with Gasteiger partial charge in [-0.25, -0.2) is 4.79 Å². The number of piperidine rings is 2. The molecule has 0 unspecified atom stereocenters. The first-order valence-corrected chi connectivity index (χ1v) is 15.2. The van der Waals surface area contributed by atoms with E-state index in [1.165, 1.54) is 17.5 Å². The first kappa shape index (κ1) is 25.7. The number of likely N-dealkylation sites (tertiary alicyclic amines) is 2. The predicted octanol–water partition coefficient (Wildman–Crippen LogP) is 6.25. The van der Waals surface area contributed by atoms with Crippen molar-refractivity contribution in [3.8, 4) is 18.0 Å². The quantitative estimate of drug-likeness (QED) is 0.334. The average Bonchev–Trinajstić information content (AvgIpc) is 3.25. The van der Waals surface area contributed by atoms with Crippen molar-refractivity contribution in [2.45, 2.75) is 69.1 Å². The van der Waals surface area contributed by atoms with Gasteiger partial charge in [-0.1, -0.05) is 49.1 Å². The molecule has 2 saturated heterocycles. The van der Waals surface area contributed by atoms with Gasteiger partial charge >= 0.3 is 6.03 Å². The minimum atomic E-state index is -0.235. The van der Waals surface area contributed by atoms with E-state index in [1.54, 1.807) is 0 Å². The number of terminal acetylenes is 1. The third kappa shape index (κ3) is 3.96. The number of para-hydroxylation sites is 1. The van der Waals surface area contributed by atoms with Crippen LogP contribution in [-0.2, 0) is 5.41 Å². The summed E-state index contributed by atoms with van der Waals surface area (Å²) in [7, 11) is 0. The Hall–Kier alpha value is -3.30. The first-order valence-electron chi connectivity index (χ1n) is 14.9. The standard InChI is InChI=1S/C33H35ClN4O2/c1-2-22-11-17-36(18-12-22)32(40)37-19-13-23(14-20-37)24-9-10-26-28(21-24)38-29-25(7-6-8-27(29)34)30(39)35-31(38)33(26)15-4-3-5-16-33/h1,6-10,21-23H,3-5,11-20H2. The molecule has 1 spiro atoms.